The van der Waals surface area contributed by atoms with E-state index in [-0.39, 0.29) is 0 Å². The molecule has 1 aromatic heterocycles. The second-order valence-electron chi connectivity index (χ2n) is 6.85. The van der Waals surface area contributed by atoms with Crippen molar-refractivity contribution in [2.75, 3.05) is 33.2 Å². The SMILES string of the molecule is C[C@@H](c1ncnn1-c1ccc2c(c1)CCC2)N1CCN(C)CC1. The minimum Gasteiger partial charge on any atom is -0.304 e. The van der Waals surface area contributed by atoms with Crippen molar-refractivity contribution < 1.29 is 0 Å². The van der Waals surface area contributed by atoms with Crippen molar-refractivity contribution in [3.8, 4) is 5.69 Å². The van der Waals surface area contributed by atoms with Gasteiger partial charge in [0, 0.05) is 26.2 Å². The first-order chi connectivity index (χ1) is 11.2. The second-order valence-corrected chi connectivity index (χ2v) is 6.85. The molecule has 1 fully saturated rings. The molecule has 2 heterocycles. The van der Waals surface area contributed by atoms with Crippen LogP contribution in [0.5, 0.6) is 0 Å². The number of nitrogens with zero attached hydrogens (tertiary/aromatic N) is 5. The quantitative estimate of drug-likeness (QED) is 0.869. The average molecular weight is 311 g/mol. The van der Waals surface area contributed by atoms with Crippen LogP contribution in [0, 0.1) is 0 Å². The molecule has 1 atom stereocenters. The molecule has 2 aliphatic rings. The Morgan fingerprint density at radius 1 is 1.04 bits per heavy atom. The molecule has 0 radical (unpaired) electrons. The summed E-state index contributed by atoms with van der Waals surface area (Å²) in [5, 5.41) is 4.51. The molecule has 0 bridgehead atoms. The van der Waals surface area contributed by atoms with Gasteiger partial charge < -0.3 is 4.90 Å². The zero-order valence-corrected chi connectivity index (χ0v) is 14.1. The molecule has 0 unspecified atom stereocenters. The van der Waals surface area contributed by atoms with Crippen molar-refractivity contribution in [2.45, 2.75) is 32.2 Å². The first-order valence-corrected chi connectivity index (χ1v) is 8.67. The van der Waals surface area contributed by atoms with Crippen LogP contribution in [-0.4, -0.2) is 57.8 Å². The van der Waals surface area contributed by atoms with E-state index in [4.69, 9.17) is 0 Å². The number of benzene rings is 1. The van der Waals surface area contributed by atoms with Gasteiger partial charge in [-0.15, -0.1) is 0 Å². The lowest BCUT2D eigenvalue weighted by Crippen LogP contribution is -2.45. The van der Waals surface area contributed by atoms with Crippen LogP contribution in [-0.2, 0) is 12.8 Å². The fraction of sp³-hybridized carbons (Fsp3) is 0.556. The zero-order chi connectivity index (χ0) is 15.8. The molecule has 0 N–H and O–H groups in total. The molecule has 122 valence electrons. The summed E-state index contributed by atoms with van der Waals surface area (Å²) in [6.07, 6.45) is 5.38. The average Bonchev–Trinajstić information content (AvgIpc) is 3.23. The summed E-state index contributed by atoms with van der Waals surface area (Å²) in [6, 6.07) is 7.05. The third kappa shape index (κ3) is 2.79. The topological polar surface area (TPSA) is 37.2 Å². The van der Waals surface area contributed by atoms with Gasteiger partial charge in [0.1, 0.15) is 12.2 Å². The summed E-state index contributed by atoms with van der Waals surface area (Å²) in [6.45, 7) is 6.68. The summed E-state index contributed by atoms with van der Waals surface area (Å²) in [7, 11) is 2.19. The highest BCUT2D eigenvalue weighted by atomic mass is 15.4. The van der Waals surface area contributed by atoms with Gasteiger partial charge >= 0.3 is 0 Å². The van der Waals surface area contributed by atoms with Crippen LogP contribution in [0.4, 0.5) is 0 Å². The number of aryl methyl sites for hydroxylation is 2. The number of fused-ring (bicyclic) bond motifs is 1. The largest absolute Gasteiger partial charge is 0.304 e. The summed E-state index contributed by atoms with van der Waals surface area (Å²) in [5.41, 5.74) is 4.14. The summed E-state index contributed by atoms with van der Waals surface area (Å²) in [4.78, 5) is 9.47. The van der Waals surface area contributed by atoms with Gasteiger partial charge in [0.25, 0.3) is 0 Å². The van der Waals surface area contributed by atoms with Crippen LogP contribution < -0.4 is 0 Å². The molecule has 4 rings (SSSR count). The number of rotatable bonds is 3. The Morgan fingerprint density at radius 2 is 1.83 bits per heavy atom. The van der Waals surface area contributed by atoms with Crippen LogP contribution >= 0.6 is 0 Å². The van der Waals surface area contributed by atoms with E-state index in [1.807, 2.05) is 4.68 Å². The van der Waals surface area contributed by atoms with E-state index in [2.05, 4.69) is 52.1 Å². The zero-order valence-electron chi connectivity index (χ0n) is 14.1. The van der Waals surface area contributed by atoms with Gasteiger partial charge in [0.15, 0.2) is 0 Å². The standard InChI is InChI=1S/C18H25N5/c1-14(22-10-8-21(2)9-11-22)18-19-13-20-23(18)17-7-6-15-4-3-5-16(15)12-17/h6-7,12-14H,3-5,8-11H2,1-2H3/t14-/m0/s1. The maximum absolute atomic E-state index is 4.58. The lowest BCUT2D eigenvalue weighted by molar-refractivity contribution is 0.114. The number of hydrogen-bond donors (Lipinski definition) is 0. The molecule has 5 nitrogen and oxygen atoms in total. The molecule has 0 amide bonds. The van der Waals surface area contributed by atoms with Crippen LogP contribution in [0.3, 0.4) is 0 Å². The third-order valence-electron chi connectivity index (χ3n) is 5.36. The molecule has 23 heavy (non-hydrogen) atoms. The van der Waals surface area contributed by atoms with Gasteiger partial charge in [-0.3, -0.25) is 4.90 Å². The number of piperazine rings is 1. The first-order valence-electron chi connectivity index (χ1n) is 8.67. The molecule has 1 aliphatic heterocycles. The Balaban J connectivity index is 1.61. The van der Waals surface area contributed by atoms with Crippen LogP contribution in [0.2, 0.25) is 0 Å². The highest BCUT2D eigenvalue weighted by molar-refractivity contribution is 5.42. The molecule has 1 saturated heterocycles. The molecule has 5 heteroatoms. The smallest absolute Gasteiger partial charge is 0.149 e. The fourth-order valence-corrected chi connectivity index (χ4v) is 3.80. The first kappa shape index (κ1) is 14.8. The van der Waals surface area contributed by atoms with E-state index in [1.54, 1.807) is 6.33 Å². The highest BCUT2D eigenvalue weighted by Gasteiger charge is 2.24. The van der Waals surface area contributed by atoms with Crippen molar-refractivity contribution in [3.05, 3.63) is 41.5 Å². The van der Waals surface area contributed by atoms with Crippen LogP contribution in [0.25, 0.3) is 5.69 Å². The highest BCUT2D eigenvalue weighted by Crippen LogP contribution is 2.26. The Labute approximate surface area is 137 Å². The molecule has 0 spiro atoms. The van der Waals surface area contributed by atoms with Gasteiger partial charge in [-0.05, 0) is 56.5 Å². The lowest BCUT2D eigenvalue weighted by atomic mass is 10.1. The van der Waals surface area contributed by atoms with E-state index in [0.717, 1.165) is 37.7 Å². The maximum atomic E-state index is 4.58. The van der Waals surface area contributed by atoms with E-state index in [0.29, 0.717) is 6.04 Å². The van der Waals surface area contributed by atoms with Crippen molar-refractivity contribution in [3.63, 3.8) is 0 Å². The molecule has 0 saturated carbocycles. The predicted octanol–water partition coefficient (Wildman–Crippen LogP) is 2.06. The molecule has 1 aliphatic carbocycles. The Bertz CT molecular complexity index is 684. The van der Waals surface area contributed by atoms with Gasteiger partial charge in [0.2, 0.25) is 0 Å². The summed E-state index contributed by atoms with van der Waals surface area (Å²) < 4.78 is 2.03. The van der Waals surface area contributed by atoms with Crippen molar-refractivity contribution in [2.24, 2.45) is 0 Å². The van der Waals surface area contributed by atoms with E-state index >= 15 is 0 Å². The van der Waals surface area contributed by atoms with E-state index in [9.17, 15) is 0 Å². The number of aromatic nitrogens is 3. The third-order valence-corrected chi connectivity index (χ3v) is 5.36. The molecule has 1 aromatic carbocycles. The minimum atomic E-state index is 0.291. The number of hydrogen-bond acceptors (Lipinski definition) is 4. The maximum Gasteiger partial charge on any atom is 0.149 e. The normalized spacial score (nSPS) is 20.6. The second kappa shape index (κ2) is 6.06. The van der Waals surface area contributed by atoms with Gasteiger partial charge in [-0.1, -0.05) is 6.07 Å². The molecular weight excluding hydrogens is 286 g/mol. The molecule has 2 aromatic rings. The lowest BCUT2D eigenvalue weighted by Gasteiger charge is -2.36. The summed E-state index contributed by atoms with van der Waals surface area (Å²) >= 11 is 0. The van der Waals surface area contributed by atoms with E-state index in [1.165, 1.54) is 30.4 Å². The fourth-order valence-electron chi connectivity index (χ4n) is 3.80. The van der Waals surface area contributed by atoms with Crippen molar-refractivity contribution in [1.82, 2.24) is 24.6 Å². The van der Waals surface area contributed by atoms with Gasteiger partial charge in [0.05, 0.1) is 11.7 Å². The van der Waals surface area contributed by atoms with Crippen molar-refractivity contribution >= 4 is 0 Å². The van der Waals surface area contributed by atoms with Gasteiger partial charge in [-0.2, -0.15) is 5.10 Å². The number of likely N-dealkylation sites (N-methyl/N-ethyl adjacent to an activating group) is 1. The van der Waals surface area contributed by atoms with Crippen molar-refractivity contribution in [1.29, 1.82) is 0 Å². The summed E-state index contributed by atoms with van der Waals surface area (Å²) in [5.74, 6) is 1.05. The van der Waals surface area contributed by atoms with Gasteiger partial charge in [-0.25, -0.2) is 9.67 Å². The Morgan fingerprint density at radius 3 is 2.65 bits per heavy atom. The van der Waals surface area contributed by atoms with E-state index < -0.39 is 0 Å². The monoisotopic (exact) mass is 311 g/mol. The van der Waals surface area contributed by atoms with Crippen LogP contribution in [0.1, 0.15) is 36.3 Å². The molecular formula is C18H25N5. The Kier molecular flexibility index (Phi) is 3.91. The Hall–Kier alpha value is -1.72. The predicted molar refractivity (Wildman–Crippen MR) is 90.9 cm³/mol. The minimum absolute atomic E-state index is 0.291. The van der Waals surface area contributed by atoms with Crippen LogP contribution in [0.15, 0.2) is 24.5 Å².